The molecule has 0 saturated carbocycles. The summed E-state index contributed by atoms with van der Waals surface area (Å²) in [5.74, 6) is -0.265. The van der Waals surface area contributed by atoms with Crippen LogP contribution in [0, 0.1) is 0 Å². The molecule has 1 heterocycles. The van der Waals surface area contributed by atoms with Crippen molar-refractivity contribution in [3.63, 3.8) is 0 Å². The lowest BCUT2D eigenvalue weighted by Crippen LogP contribution is -2.41. The van der Waals surface area contributed by atoms with Crippen molar-refractivity contribution in [3.8, 4) is 0 Å². The van der Waals surface area contributed by atoms with Gasteiger partial charge in [-0.1, -0.05) is 55.5 Å². The molecule has 1 atom stereocenters. The highest BCUT2D eigenvalue weighted by molar-refractivity contribution is 5.89. The molecule has 1 fully saturated rings. The van der Waals surface area contributed by atoms with Crippen molar-refractivity contribution >= 4 is 18.4 Å². The molecule has 27 heavy (non-hydrogen) atoms. The average Bonchev–Trinajstić information content (AvgIpc) is 2.73. The predicted molar refractivity (Wildman–Crippen MR) is 109 cm³/mol. The van der Waals surface area contributed by atoms with Gasteiger partial charge in [-0.15, -0.1) is 12.4 Å². The normalized spacial score (nSPS) is 16.8. The molecule has 146 valence electrons. The van der Waals surface area contributed by atoms with Crippen LogP contribution in [0.2, 0.25) is 0 Å². The second-order valence-electron chi connectivity index (χ2n) is 6.67. The van der Waals surface area contributed by atoms with Crippen LogP contribution in [0.3, 0.4) is 0 Å². The van der Waals surface area contributed by atoms with Gasteiger partial charge in [0, 0.05) is 26.1 Å². The molecule has 1 aliphatic heterocycles. The highest BCUT2D eigenvalue weighted by Crippen LogP contribution is 2.34. The highest BCUT2D eigenvalue weighted by Gasteiger charge is 2.35. The number of ether oxygens (including phenoxy) is 2. The number of nitrogens with zero attached hydrogens (tertiary/aromatic N) is 1. The van der Waals surface area contributed by atoms with E-state index in [1.165, 1.54) is 0 Å². The first-order valence-electron chi connectivity index (χ1n) is 9.37. The molecule has 1 saturated heterocycles. The number of carbonyl (C=O) groups is 1. The van der Waals surface area contributed by atoms with Crippen LogP contribution in [0.1, 0.15) is 35.7 Å². The summed E-state index contributed by atoms with van der Waals surface area (Å²) < 4.78 is 11.6. The summed E-state index contributed by atoms with van der Waals surface area (Å²) in [4.78, 5) is 15.2. The number of morpholine rings is 1. The molecular weight excluding hydrogens is 362 g/mol. The topological polar surface area (TPSA) is 38.8 Å². The number of hydrogen-bond donors (Lipinski definition) is 0. The lowest BCUT2D eigenvalue weighted by Gasteiger charge is -2.36. The summed E-state index contributed by atoms with van der Waals surface area (Å²) in [6.07, 6.45) is 1.51. The van der Waals surface area contributed by atoms with E-state index in [9.17, 15) is 4.79 Å². The van der Waals surface area contributed by atoms with E-state index in [4.69, 9.17) is 9.47 Å². The van der Waals surface area contributed by atoms with Crippen LogP contribution in [0.25, 0.3) is 0 Å². The second kappa shape index (κ2) is 10.5. The van der Waals surface area contributed by atoms with E-state index in [1.807, 2.05) is 36.4 Å². The number of esters is 1. The maximum absolute atomic E-state index is 12.8. The molecule has 0 aliphatic carbocycles. The number of carbonyl (C=O) groups excluding carboxylic acids is 1. The summed E-state index contributed by atoms with van der Waals surface area (Å²) in [5.41, 5.74) is 1.03. The van der Waals surface area contributed by atoms with E-state index in [2.05, 4.69) is 24.0 Å². The monoisotopic (exact) mass is 389 g/mol. The third kappa shape index (κ3) is 5.55. The molecule has 4 nitrogen and oxygen atoms in total. The Balaban J connectivity index is 0.00000261. The minimum Gasteiger partial charge on any atom is -0.451 e. The largest absolute Gasteiger partial charge is 0.451 e. The van der Waals surface area contributed by atoms with Gasteiger partial charge >= 0.3 is 5.97 Å². The van der Waals surface area contributed by atoms with Crippen molar-refractivity contribution in [1.29, 1.82) is 0 Å². The van der Waals surface area contributed by atoms with Crippen LogP contribution in [0.15, 0.2) is 60.7 Å². The molecular formula is C22H28ClNO3. The Morgan fingerprint density at radius 1 is 1.04 bits per heavy atom. The lowest BCUT2D eigenvalue weighted by atomic mass is 9.87. The zero-order chi connectivity index (χ0) is 18.2. The molecule has 3 rings (SSSR count). The van der Waals surface area contributed by atoms with Crippen molar-refractivity contribution in [2.24, 2.45) is 0 Å². The first-order valence-corrected chi connectivity index (χ1v) is 9.37. The van der Waals surface area contributed by atoms with Crippen LogP contribution in [-0.4, -0.2) is 43.7 Å². The third-order valence-electron chi connectivity index (χ3n) is 5.10. The Morgan fingerprint density at radius 2 is 1.63 bits per heavy atom. The molecule has 0 radical (unpaired) electrons. The molecule has 2 aromatic rings. The molecule has 0 bridgehead atoms. The maximum Gasteiger partial charge on any atom is 0.339 e. The number of hydrogen-bond acceptors (Lipinski definition) is 4. The molecule has 0 N–H and O–H groups in total. The predicted octanol–water partition coefficient (Wildman–Crippen LogP) is 4.29. The molecule has 1 unspecified atom stereocenters. The number of halogens is 1. The van der Waals surface area contributed by atoms with Gasteiger partial charge in [0.05, 0.1) is 18.8 Å². The fraction of sp³-hybridized carbons (Fsp3) is 0.409. The first-order chi connectivity index (χ1) is 12.7. The quantitative estimate of drug-likeness (QED) is 0.662. The second-order valence-corrected chi connectivity index (χ2v) is 6.67. The smallest absolute Gasteiger partial charge is 0.339 e. The van der Waals surface area contributed by atoms with Crippen LogP contribution in [0.4, 0.5) is 0 Å². The van der Waals surface area contributed by atoms with Gasteiger partial charge in [-0.3, -0.25) is 4.90 Å². The Labute approximate surface area is 167 Å². The summed E-state index contributed by atoms with van der Waals surface area (Å²) >= 11 is 0. The molecule has 0 amide bonds. The SMILES string of the molecule is CCC(CCN1CCOCC1)(OC(=O)c1ccccc1)c1ccccc1.Cl. The van der Waals surface area contributed by atoms with Crippen molar-refractivity contribution in [1.82, 2.24) is 4.90 Å². The van der Waals surface area contributed by atoms with E-state index >= 15 is 0 Å². The summed E-state index contributed by atoms with van der Waals surface area (Å²) in [6, 6.07) is 19.3. The Kier molecular flexibility index (Phi) is 8.29. The number of benzene rings is 2. The van der Waals surface area contributed by atoms with Crippen LogP contribution >= 0.6 is 12.4 Å². The number of rotatable bonds is 7. The van der Waals surface area contributed by atoms with Crippen LogP contribution in [-0.2, 0) is 15.1 Å². The molecule has 1 aliphatic rings. The van der Waals surface area contributed by atoms with E-state index in [1.54, 1.807) is 12.1 Å². The van der Waals surface area contributed by atoms with Gasteiger partial charge in [-0.2, -0.15) is 0 Å². The fourth-order valence-electron chi connectivity index (χ4n) is 3.42. The summed E-state index contributed by atoms with van der Waals surface area (Å²) in [5, 5.41) is 0. The van der Waals surface area contributed by atoms with Crippen LogP contribution < -0.4 is 0 Å². The van der Waals surface area contributed by atoms with Crippen molar-refractivity contribution in [2.75, 3.05) is 32.8 Å². The Bertz CT molecular complexity index is 689. The lowest BCUT2D eigenvalue weighted by molar-refractivity contribution is -0.0389. The molecule has 2 aromatic carbocycles. The van der Waals surface area contributed by atoms with Gasteiger partial charge in [0.15, 0.2) is 0 Å². The highest BCUT2D eigenvalue weighted by atomic mass is 35.5. The van der Waals surface area contributed by atoms with Gasteiger partial charge in [-0.05, 0) is 24.1 Å². The van der Waals surface area contributed by atoms with E-state index < -0.39 is 5.60 Å². The average molecular weight is 390 g/mol. The molecule has 0 aromatic heterocycles. The van der Waals surface area contributed by atoms with Gasteiger partial charge in [-0.25, -0.2) is 4.79 Å². The van der Waals surface area contributed by atoms with Crippen molar-refractivity contribution in [2.45, 2.75) is 25.4 Å². The third-order valence-corrected chi connectivity index (χ3v) is 5.10. The van der Waals surface area contributed by atoms with E-state index in [-0.39, 0.29) is 18.4 Å². The fourth-order valence-corrected chi connectivity index (χ4v) is 3.42. The standard InChI is InChI=1S/C22H27NO3.ClH/c1-2-22(20-11-7-4-8-12-20,13-14-23-15-17-25-18-16-23)26-21(24)19-9-5-3-6-10-19;/h3-12H,2,13-18H2,1H3;1H. The Morgan fingerprint density at radius 3 is 2.22 bits per heavy atom. The van der Waals surface area contributed by atoms with Crippen molar-refractivity contribution < 1.29 is 14.3 Å². The minimum absolute atomic E-state index is 0. The zero-order valence-electron chi connectivity index (χ0n) is 15.8. The Hall–Kier alpha value is -1.88. The zero-order valence-corrected chi connectivity index (χ0v) is 16.6. The minimum atomic E-state index is -0.619. The van der Waals surface area contributed by atoms with Gasteiger partial charge in [0.1, 0.15) is 5.60 Å². The van der Waals surface area contributed by atoms with E-state index in [0.717, 1.165) is 51.3 Å². The van der Waals surface area contributed by atoms with Crippen molar-refractivity contribution in [3.05, 3.63) is 71.8 Å². The van der Waals surface area contributed by atoms with Gasteiger partial charge in [0.25, 0.3) is 0 Å². The summed E-state index contributed by atoms with van der Waals surface area (Å²) in [6.45, 7) is 6.38. The van der Waals surface area contributed by atoms with Gasteiger partial charge < -0.3 is 9.47 Å². The first kappa shape index (κ1) is 21.4. The maximum atomic E-state index is 12.8. The van der Waals surface area contributed by atoms with E-state index in [0.29, 0.717) is 5.56 Å². The van der Waals surface area contributed by atoms with Crippen LogP contribution in [0.5, 0.6) is 0 Å². The summed E-state index contributed by atoms with van der Waals surface area (Å²) in [7, 11) is 0. The molecule has 0 spiro atoms. The molecule has 5 heteroatoms. The van der Waals surface area contributed by atoms with Gasteiger partial charge in [0.2, 0.25) is 0 Å².